The normalized spacial score (nSPS) is 10.6. The highest BCUT2D eigenvalue weighted by Gasteiger charge is 2.14. The maximum atomic E-state index is 12.5. The molecule has 0 saturated heterocycles. The fourth-order valence-electron chi connectivity index (χ4n) is 2.95. The van der Waals surface area contributed by atoms with Gasteiger partial charge in [0, 0.05) is 24.3 Å². The van der Waals surface area contributed by atoms with Crippen LogP contribution in [0.2, 0.25) is 0 Å². The predicted molar refractivity (Wildman–Crippen MR) is 124 cm³/mol. The SMILES string of the molecule is CCN(CC)C(=O)c1cccc(NC(=O)COC(=O)CSc2cnc3ccccc3n2)c1. The summed E-state index contributed by atoms with van der Waals surface area (Å²) < 4.78 is 5.04. The topological polar surface area (TPSA) is 101 Å². The highest BCUT2D eigenvalue weighted by molar-refractivity contribution is 7.99. The Morgan fingerprint density at radius 1 is 1.03 bits per heavy atom. The zero-order valence-corrected chi connectivity index (χ0v) is 18.7. The van der Waals surface area contributed by atoms with E-state index in [0.717, 1.165) is 11.0 Å². The molecule has 0 saturated carbocycles. The highest BCUT2D eigenvalue weighted by Crippen LogP contribution is 2.18. The maximum absolute atomic E-state index is 12.5. The molecule has 1 heterocycles. The Morgan fingerprint density at radius 3 is 2.53 bits per heavy atom. The Bertz CT molecular complexity index is 1120. The second-order valence-corrected chi connectivity index (χ2v) is 7.75. The van der Waals surface area contributed by atoms with E-state index in [0.29, 0.717) is 29.4 Å². The number of rotatable bonds is 9. The molecule has 0 spiro atoms. The minimum atomic E-state index is -0.537. The fourth-order valence-corrected chi connectivity index (χ4v) is 3.59. The van der Waals surface area contributed by atoms with Gasteiger partial charge in [0.25, 0.3) is 11.8 Å². The summed E-state index contributed by atoms with van der Waals surface area (Å²) in [6.07, 6.45) is 1.60. The minimum absolute atomic E-state index is 0.00809. The third-order valence-electron chi connectivity index (χ3n) is 4.57. The average molecular weight is 453 g/mol. The molecule has 0 aliphatic rings. The van der Waals surface area contributed by atoms with Gasteiger partial charge in [0.15, 0.2) is 6.61 Å². The van der Waals surface area contributed by atoms with Crippen molar-refractivity contribution in [1.29, 1.82) is 0 Å². The molecule has 2 amide bonds. The number of carbonyl (C=O) groups is 3. The van der Waals surface area contributed by atoms with E-state index < -0.39 is 18.5 Å². The Balaban J connectivity index is 1.47. The molecule has 0 aliphatic heterocycles. The first kappa shape index (κ1) is 23.2. The van der Waals surface area contributed by atoms with E-state index in [-0.39, 0.29) is 11.7 Å². The van der Waals surface area contributed by atoms with Gasteiger partial charge in [-0.3, -0.25) is 19.4 Å². The van der Waals surface area contributed by atoms with Crippen LogP contribution in [0.25, 0.3) is 11.0 Å². The number of benzene rings is 2. The summed E-state index contributed by atoms with van der Waals surface area (Å²) in [6, 6.07) is 14.1. The number of nitrogens with one attached hydrogen (secondary N) is 1. The van der Waals surface area contributed by atoms with E-state index >= 15 is 0 Å². The lowest BCUT2D eigenvalue weighted by Crippen LogP contribution is -2.30. The molecule has 0 atom stereocenters. The number of para-hydroxylation sites is 2. The molecular weight excluding hydrogens is 428 g/mol. The van der Waals surface area contributed by atoms with Crippen molar-refractivity contribution >= 4 is 46.3 Å². The zero-order valence-electron chi connectivity index (χ0n) is 17.9. The molecule has 9 heteroatoms. The number of ether oxygens (including phenoxy) is 1. The van der Waals surface area contributed by atoms with Crippen molar-refractivity contribution in [2.24, 2.45) is 0 Å². The van der Waals surface area contributed by atoms with Gasteiger partial charge in [-0.15, -0.1) is 0 Å². The molecule has 3 aromatic rings. The Labute approximate surface area is 190 Å². The Hall–Kier alpha value is -3.46. The third-order valence-corrected chi connectivity index (χ3v) is 5.45. The number of amides is 2. The summed E-state index contributed by atoms with van der Waals surface area (Å²) in [5, 5.41) is 3.24. The molecule has 0 bridgehead atoms. The molecule has 2 aromatic carbocycles. The van der Waals surface area contributed by atoms with Crippen molar-refractivity contribution in [3.8, 4) is 0 Å². The van der Waals surface area contributed by atoms with Crippen molar-refractivity contribution in [2.75, 3.05) is 30.8 Å². The van der Waals surface area contributed by atoms with E-state index in [9.17, 15) is 14.4 Å². The predicted octanol–water partition coefficient (Wildman–Crippen LogP) is 3.39. The molecule has 0 unspecified atom stereocenters. The standard InChI is InChI=1S/C23H24N4O4S/c1-3-27(4-2)23(30)16-8-7-9-17(12-16)25-20(28)14-31-22(29)15-32-21-13-24-18-10-5-6-11-19(18)26-21/h5-13H,3-4,14-15H2,1-2H3,(H,25,28). The summed E-state index contributed by atoms with van der Waals surface area (Å²) in [6.45, 7) is 4.60. The molecule has 0 aliphatic carbocycles. The molecule has 32 heavy (non-hydrogen) atoms. The summed E-state index contributed by atoms with van der Waals surface area (Å²) in [5.74, 6) is -1.12. The van der Waals surface area contributed by atoms with Crippen LogP contribution >= 0.6 is 11.8 Å². The van der Waals surface area contributed by atoms with Crippen LogP contribution in [-0.2, 0) is 14.3 Å². The van der Waals surface area contributed by atoms with E-state index in [1.54, 1.807) is 35.4 Å². The highest BCUT2D eigenvalue weighted by atomic mass is 32.2. The lowest BCUT2D eigenvalue weighted by molar-refractivity contribution is -0.144. The van der Waals surface area contributed by atoms with Crippen molar-refractivity contribution in [1.82, 2.24) is 14.9 Å². The lowest BCUT2D eigenvalue weighted by Gasteiger charge is -2.19. The first-order chi connectivity index (χ1) is 15.5. The van der Waals surface area contributed by atoms with Gasteiger partial charge in [0.1, 0.15) is 5.03 Å². The van der Waals surface area contributed by atoms with Gasteiger partial charge in [-0.1, -0.05) is 30.0 Å². The Morgan fingerprint density at radius 2 is 1.78 bits per heavy atom. The van der Waals surface area contributed by atoms with Gasteiger partial charge in [0.2, 0.25) is 0 Å². The van der Waals surface area contributed by atoms with Gasteiger partial charge >= 0.3 is 5.97 Å². The molecule has 0 radical (unpaired) electrons. The van der Waals surface area contributed by atoms with Crippen LogP contribution in [0.15, 0.2) is 59.8 Å². The van der Waals surface area contributed by atoms with Gasteiger partial charge in [-0.05, 0) is 44.2 Å². The second kappa shape index (κ2) is 11.2. The number of fused-ring (bicyclic) bond motifs is 1. The smallest absolute Gasteiger partial charge is 0.316 e. The van der Waals surface area contributed by atoms with Crippen LogP contribution in [0.4, 0.5) is 5.69 Å². The number of carbonyl (C=O) groups excluding carboxylic acids is 3. The van der Waals surface area contributed by atoms with Gasteiger partial charge in [-0.25, -0.2) is 4.98 Å². The summed E-state index contributed by atoms with van der Waals surface area (Å²) >= 11 is 1.19. The number of hydrogen-bond donors (Lipinski definition) is 1. The van der Waals surface area contributed by atoms with E-state index in [2.05, 4.69) is 15.3 Å². The number of anilines is 1. The summed E-state index contributed by atoms with van der Waals surface area (Å²) in [5.41, 5.74) is 2.46. The van der Waals surface area contributed by atoms with E-state index in [1.165, 1.54) is 11.8 Å². The largest absolute Gasteiger partial charge is 0.455 e. The zero-order chi connectivity index (χ0) is 22.9. The minimum Gasteiger partial charge on any atom is -0.455 e. The summed E-state index contributed by atoms with van der Waals surface area (Å²) in [4.78, 5) is 47.0. The quantitative estimate of drug-likeness (QED) is 0.392. The molecule has 3 rings (SSSR count). The van der Waals surface area contributed by atoms with Crippen molar-refractivity contribution < 1.29 is 19.1 Å². The van der Waals surface area contributed by atoms with Crippen LogP contribution in [0.5, 0.6) is 0 Å². The maximum Gasteiger partial charge on any atom is 0.316 e. The van der Waals surface area contributed by atoms with Crippen LogP contribution in [0, 0.1) is 0 Å². The first-order valence-electron chi connectivity index (χ1n) is 10.2. The van der Waals surface area contributed by atoms with Crippen LogP contribution in [-0.4, -0.2) is 58.1 Å². The Kier molecular flexibility index (Phi) is 8.15. The number of nitrogens with zero attached hydrogens (tertiary/aromatic N) is 3. The second-order valence-electron chi connectivity index (χ2n) is 6.75. The molecular formula is C23H24N4O4S. The van der Waals surface area contributed by atoms with Crippen LogP contribution in [0.3, 0.4) is 0 Å². The molecule has 8 nitrogen and oxygen atoms in total. The van der Waals surface area contributed by atoms with Crippen molar-refractivity contribution in [3.63, 3.8) is 0 Å². The van der Waals surface area contributed by atoms with Gasteiger partial charge < -0.3 is 15.0 Å². The number of hydrogen-bond acceptors (Lipinski definition) is 7. The van der Waals surface area contributed by atoms with Gasteiger partial charge in [-0.2, -0.15) is 0 Å². The van der Waals surface area contributed by atoms with Crippen molar-refractivity contribution in [2.45, 2.75) is 18.9 Å². The van der Waals surface area contributed by atoms with E-state index in [1.807, 2.05) is 38.1 Å². The average Bonchev–Trinajstić information content (AvgIpc) is 2.82. The number of aromatic nitrogens is 2. The molecule has 1 N–H and O–H groups in total. The van der Waals surface area contributed by atoms with Crippen LogP contribution in [0.1, 0.15) is 24.2 Å². The van der Waals surface area contributed by atoms with E-state index in [4.69, 9.17) is 4.74 Å². The third kappa shape index (κ3) is 6.27. The lowest BCUT2D eigenvalue weighted by atomic mass is 10.1. The number of thioether (sulfide) groups is 1. The van der Waals surface area contributed by atoms with Crippen LogP contribution < -0.4 is 5.32 Å². The molecule has 166 valence electrons. The fraction of sp³-hybridized carbons (Fsp3) is 0.261. The van der Waals surface area contributed by atoms with Crippen molar-refractivity contribution in [3.05, 3.63) is 60.3 Å². The molecule has 0 fully saturated rings. The monoisotopic (exact) mass is 452 g/mol. The number of esters is 1. The molecule has 1 aromatic heterocycles. The first-order valence-corrected chi connectivity index (χ1v) is 11.2. The van der Waals surface area contributed by atoms with Gasteiger partial charge in [0.05, 0.1) is 23.0 Å². The summed E-state index contributed by atoms with van der Waals surface area (Å²) in [7, 11) is 0.